The monoisotopic (exact) mass is 356 g/mol. The van der Waals surface area contributed by atoms with E-state index in [-0.39, 0.29) is 17.7 Å². The lowest BCUT2D eigenvalue weighted by Crippen LogP contribution is -2.51. The van der Waals surface area contributed by atoms with Gasteiger partial charge < -0.3 is 9.80 Å². The highest BCUT2D eigenvalue weighted by molar-refractivity contribution is 9.10. The summed E-state index contributed by atoms with van der Waals surface area (Å²) in [4.78, 5) is 27.6. The molecule has 1 saturated heterocycles. The van der Waals surface area contributed by atoms with Crippen LogP contribution in [0, 0.1) is 11.7 Å². The van der Waals surface area contributed by atoms with Crippen molar-refractivity contribution in [3.8, 4) is 0 Å². The molecular weight excluding hydrogens is 339 g/mol. The number of amides is 2. The first-order chi connectivity index (χ1) is 9.90. The largest absolute Gasteiger partial charge is 0.339 e. The van der Waals surface area contributed by atoms with Crippen LogP contribution in [0.5, 0.6) is 0 Å². The summed E-state index contributed by atoms with van der Waals surface area (Å²) in [6.45, 7) is 5.75. The van der Waals surface area contributed by atoms with Crippen molar-refractivity contribution < 1.29 is 14.0 Å². The topological polar surface area (TPSA) is 40.6 Å². The van der Waals surface area contributed by atoms with Crippen molar-refractivity contribution in [1.82, 2.24) is 9.80 Å². The maximum atomic E-state index is 13.5. The molecule has 1 aliphatic rings. The minimum Gasteiger partial charge on any atom is -0.339 e. The summed E-state index contributed by atoms with van der Waals surface area (Å²) in [5.41, 5.74) is 0.333. The van der Waals surface area contributed by atoms with E-state index in [2.05, 4.69) is 15.9 Å². The predicted molar refractivity (Wildman–Crippen MR) is 81.4 cm³/mol. The summed E-state index contributed by atoms with van der Waals surface area (Å²) in [5, 5.41) is 0. The van der Waals surface area contributed by atoms with Crippen molar-refractivity contribution in [2.24, 2.45) is 5.92 Å². The highest BCUT2D eigenvalue weighted by Crippen LogP contribution is 2.18. The van der Waals surface area contributed by atoms with Gasteiger partial charge in [-0.15, -0.1) is 0 Å². The molecule has 2 rings (SSSR count). The fourth-order valence-corrected chi connectivity index (χ4v) is 2.55. The van der Waals surface area contributed by atoms with E-state index >= 15 is 0 Å². The lowest BCUT2D eigenvalue weighted by atomic mass is 10.1. The Morgan fingerprint density at radius 2 is 1.71 bits per heavy atom. The van der Waals surface area contributed by atoms with Crippen LogP contribution < -0.4 is 0 Å². The van der Waals surface area contributed by atoms with Crippen molar-refractivity contribution >= 4 is 27.7 Å². The molecule has 0 bridgehead atoms. The van der Waals surface area contributed by atoms with Gasteiger partial charge >= 0.3 is 0 Å². The highest BCUT2D eigenvalue weighted by atomic mass is 79.9. The number of halogens is 2. The minimum absolute atomic E-state index is 0.0344. The molecule has 0 atom stereocenters. The van der Waals surface area contributed by atoms with E-state index < -0.39 is 5.82 Å². The van der Waals surface area contributed by atoms with Crippen LogP contribution >= 0.6 is 15.9 Å². The fraction of sp³-hybridized carbons (Fsp3) is 0.467. The van der Waals surface area contributed by atoms with Crippen molar-refractivity contribution in [2.75, 3.05) is 26.2 Å². The number of hydrogen-bond donors (Lipinski definition) is 0. The molecule has 0 spiro atoms. The Labute approximate surface area is 132 Å². The normalized spacial score (nSPS) is 15.5. The number of nitrogens with zero attached hydrogens (tertiary/aromatic N) is 2. The molecule has 0 radical (unpaired) electrons. The molecule has 2 amide bonds. The molecule has 1 aliphatic heterocycles. The van der Waals surface area contributed by atoms with Crippen LogP contribution in [0.15, 0.2) is 22.7 Å². The summed E-state index contributed by atoms with van der Waals surface area (Å²) in [6.07, 6.45) is 0. The molecule has 1 heterocycles. The molecule has 6 heteroatoms. The average molecular weight is 357 g/mol. The third-order valence-corrected chi connectivity index (χ3v) is 4.18. The van der Waals surface area contributed by atoms with Gasteiger partial charge in [-0.2, -0.15) is 0 Å². The molecule has 114 valence electrons. The number of carbonyl (C=O) groups is 2. The van der Waals surface area contributed by atoms with E-state index in [1.54, 1.807) is 15.9 Å². The molecule has 1 aromatic carbocycles. The first kappa shape index (κ1) is 15.9. The van der Waals surface area contributed by atoms with Gasteiger partial charge in [-0.25, -0.2) is 4.39 Å². The second-order valence-electron chi connectivity index (χ2n) is 5.40. The van der Waals surface area contributed by atoms with Gasteiger partial charge in [-0.05, 0) is 34.1 Å². The van der Waals surface area contributed by atoms with Crippen molar-refractivity contribution in [3.63, 3.8) is 0 Å². The second kappa shape index (κ2) is 6.56. The molecule has 21 heavy (non-hydrogen) atoms. The Morgan fingerprint density at radius 1 is 1.14 bits per heavy atom. The molecule has 1 fully saturated rings. The van der Waals surface area contributed by atoms with E-state index in [9.17, 15) is 14.0 Å². The predicted octanol–water partition coefficient (Wildman–Crippen LogP) is 2.53. The minimum atomic E-state index is -0.450. The Kier molecular flexibility index (Phi) is 4.98. The summed E-state index contributed by atoms with van der Waals surface area (Å²) < 4.78 is 13.8. The first-order valence-electron chi connectivity index (χ1n) is 6.93. The standard InChI is InChI=1S/C15H18BrFN2O2/c1-10(2)14(20)18-5-7-19(8-6-18)15(21)11-3-4-12(16)13(17)9-11/h3-4,9-10H,5-8H2,1-2H3. The lowest BCUT2D eigenvalue weighted by molar-refractivity contribution is -0.135. The Bertz CT molecular complexity index is 555. The van der Waals surface area contributed by atoms with Gasteiger partial charge in [0.15, 0.2) is 0 Å². The van der Waals surface area contributed by atoms with Gasteiger partial charge in [0.05, 0.1) is 4.47 Å². The van der Waals surface area contributed by atoms with Crippen molar-refractivity contribution in [2.45, 2.75) is 13.8 Å². The van der Waals surface area contributed by atoms with Gasteiger partial charge in [0.1, 0.15) is 5.82 Å². The fourth-order valence-electron chi connectivity index (χ4n) is 2.31. The van der Waals surface area contributed by atoms with Crippen LogP contribution in [0.25, 0.3) is 0 Å². The summed E-state index contributed by atoms with van der Waals surface area (Å²) >= 11 is 3.07. The van der Waals surface area contributed by atoms with E-state index in [4.69, 9.17) is 0 Å². The van der Waals surface area contributed by atoms with E-state index in [1.165, 1.54) is 12.1 Å². The van der Waals surface area contributed by atoms with E-state index in [0.717, 1.165) is 0 Å². The summed E-state index contributed by atoms with van der Waals surface area (Å²) in [7, 11) is 0. The number of hydrogen-bond acceptors (Lipinski definition) is 2. The highest BCUT2D eigenvalue weighted by Gasteiger charge is 2.26. The molecule has 0 aromatic heterocycles. The number of rotatable bonds is 2. The zero-order valence-corrected chi connectivity index (χ0v) is 13.7. The third kappa shape index (κ3) is 3.61. The SMILES string of the molecule is CC(C)C(=O)N1CCN(C(=O)c2ccc(Br)c(F)c2)CC1. The van der Waals surface area contributed by atoms with Crippen LogP contribution in [0.3, 0.4) is 0 Å². The zero-order chi connectivity index (χ0) is 15.6. The maximum absolute atomic E-state index is 13.5. The second-order valence-corrected chi connectivity index (χ2v) is 6.26. The quantitative estimate of drug-likeness (QED) is 0.816. The molecule has 1 aromatic rings. The molecule has 0 aliphatic carbocycles. The van der Waals surface area contributed by atoms with E-state index in [1.807, 2.05) is 13.8 Å². The smallest absolute Gasteiger partial charge is 0.254 e. The summed E-state index contributed by atoms with van der Waals surface area (Å²) in [6, 6.07) is 4.36. The number of piperazine rings is 1. The Hall–Kier alpha value is -1.43. The van der Waals surface area contributed by atoms with Crippen LogP contribution in [0.1, 0.15) is 24.2 Å². The number of benzene rings is 1. The maximum Gasteiger partial charge on any atom is 0.254 e. The first-order valence-corrected chi connectivity index (χ1v) is 7.72. The van der Waals surface area contributed by atoms with Gasteiger partial charge in [0.2, 0.25) is 5.91 Å². The zero-order valence-electron chi connectivity index (χ0n) is 12.1. The van der Waals surface area contributed by atoms with Crippen LogP contribution in [0.2, 0.25) is 0 Å². The van der Waals surface area contributed by atoms with Crippen molar-refractivity contribution in [1.29, 1.82) is 0 Å². The van der Waals surface area contributed by atoms with E-state index in [0.29, 0.717) is 36.2 Å². The number of carbonyl (C=O) groups excluding carboxylic acids is 2. The van der Waals surface area contributed by atoms with Crippen LogP contribution in [0.4, 0.5) is 4.39 Å². The molecule has 0 N–H and O–H groups in total. The van der Waals surface area contributed by atoms with Gasteiger partial charge in [0, 0.05) is 37.7 Å². The van der Waals surface area contributed by atoms with Gasteiger partial charge in [0.25, 0.3) is 5.91 Å². The third-order valence-electron chi connectivity index (χ3n) is 3.54. The molecule has 0 saturated carbocycles. The summed E-state index contributed by atoms with van der Waals surface area (Å²) in [5.74, 6) is -0.572. The van der Waals surface area contributed by atoms with Crippen LogP contribution in [-0.4, -0.2) is 47.8 Å². The average Bonchev–Trinajstić information content (AvgIpc) is 2.48. The van der Waals surface area contributed by atoms with Crippen molar-refractivity contribution in [3.05, 3.63) is 34.1 Å². The molecular formula is C15H18BrFN2O2. The van der Waals surface area contributed by atoms with Gasteiger partial charge in [-0.3, -0.25) is 9.59 Å². The Morgan fingerprint density at radius 3 is 2.24 bits per heavy atom. The molecule has 0 unspecified atom stereocenters. The van der Waals surface area contributed by atoms with Gasteiger partial charge in [-0.1, -0.05) is 13.8 Å². The Balaban J connectivity index is 2.00. The lowest BCUT2D eigenvalue weighted by Gasteiger charge is -2.35. The van der Waals surface area contributed by atoms with Crippen LogP contribution in [-0.2, 0) is 4.79 Å². The molecule has 4 nitrogen and oxygen atoms in total.